The van der Waals surface area contributed by atoms with Gasteiger partial charge < -0.3 is 14.7 Å². The molecule has 25 heavy (non-hydrogen) atoms. The second kappa shape index (κ2) is 6.13. The molecule has 7 nitrogen and oxygen atoms in total. The maximum Gasteiger partial charge on any atom is 0.225 e. The second-order valence-electron chi connectivity index (χ2n) is 7.22. The summed E-state index contributed by atoms with van der Waals surface area (Å²) in [7, 11) is 0. The molecule has 1 saturated carbocycles. The van der Waals surface area contributed by atoms with Gasteiger partial charge in [-0.25, -0.2) is 9.97 Å². The molecule has 1 amide bonds. The normalized spacial score (nSPS) is 21.4. The van der Waals surface area contributed by atoms with Crippen molar-refractivity contribution in [2.75, 3.05) is 18.0 Å². The highest BCUT2D eigenvalue weighted by Gasteiger charge is 2.53. The maximum atomic E-state index is 12.9. The molecule has 1 spiro atoms. The predicted molar refractivity (Wildman–Crippen MR) is 91.8 cm³/mol. The van der Waals surface area contributed by atoms with Gasteiger partial charge >= 0.3 is 0 Å². The van der Waals surface area contributed by atoms with Crippen molar-refractivity contribution >= 4 is 11.9 Å². The standard InChI is InChI=1S/C18H23N5O2/c1-12-14(13(2)25-22-12)9-21-16(24)15-10-23(11-18(15)5-3-6-18)17-19-7-4-8-20-17/h4,7-8,15H,3,5-6,9-11H2,1-2H3,(H,21,24). The Morgan fingerprint density at radius 1 is 1.36 bits per heavy atom. The molecule has 1 aliphatic heterocycles. The molecule has 3 heterocycles. The van der Waals surface area contributed by atoms with Crippen LogP contribution in [0.2, 0.25) is 0 Å². The maximum absolute atomic E-state index is 12.9. The number of nitrogens with zero attached hydrogens (tertiary/aromatic N) is 4. The Morgan fingerprint density at radius 3 is 2.72 bits per heavy atom. The van der Waals surface area contributed by atoms with Crippen LogP contribution in [0.3, 0.4) is 0 Å². The van der Waals surface area contributed by atoms with Gasteiger partial charge in [0, 0.05) is 43.0 Å². The highest BCUT2D eigenvalue weighted by molar-refractivity contribution is 5.81. The summed E-state index contributed by atoms with van der Waals surface area (Å²) in [5.41, 5.74) is 1.88. The number of amides is 1. The minimum absolute atomic E-state index is 0.0227. The molecule has 2 aromatic rings. The van der Waals surface area contributed by atoms with Crippen molar-refractivity contribution in [1.82, 2.24) is 20.4 Å². The zero-order valence-electron chi connectivity index (χ0n) is 14.7. The summed E-state index contributed by atoms with van der Waals surface area (Å²) in [5.74, 6) is 1.57. The van der Waals surface area contributed by atoms with E-state index in [1.54, 1.807) is 12.4 Å². The van der Waals surface area contributed by atoms with Crippen LogP contribution >= 0.6 is 0 Å². The highest BCUT2D eigenvalue weighted by Crippen LogP contribution is 2.52. The molecule has 2 aromatic heterocycles. The van der Waals surface area contributed by atoms with Crippen LogP contribution in [0.15, 0.2) is 23.0 Å². The lowest BCUT2D eigenvalue weighted by Gasteiger charge is -2.41. The summed E-state index contributed by atoms with van der Waals surface area (Å²) >= 11 is 0. The fraction of sp³-hybridized carbons (Fsp3) is 0.556. The molecule has 1 N–H and O–H groups in total. The quantitative estimate of drug-likeness (QED) is 0.916. The Morgan fingerprint density at radius 2 is 2.12 bits per heavy atom. The van der Waals surface area contributed by atoms with Crippen molar-refractivity contribution in [3.05, 3.63) is 35.5 Å². The van der Waals surface area contributed by atoms with Crippen LogP contribution in [0, 0.1) is 25.2 Å². The number of hydrogen-bond acceptors (Lipinski definition) is 6. The van der Waals surface area contributed by atoms with Gasteiger partial charge in [-0.15, -0.1) is 0 Å². The lowest BCUT2D eigenvalue weighted by molar-refractivity contribution is -0.129. The first-order valence-corrected chi connectivity index (χ1v) is 8.80. The van der Waals surface area contributed by atoms with Crippen molar-refractivity contribution in [2.45, 2.75) is 39.7 Å². The van der Waals surface area contributed by atoms with Crippen LogP contribution in [-0.2, 0) is 11.3 Å². The molecular formula is C18H23N5O2. The van der Waals surface area contributed by atoms with E-state index in [0.29, 0.717) is 13.1 Å². The molecule has 2 fully saturated rings. The van der Waals surface area contributed by atoms with Gasteiger partial charge in [0.2, 0.25) is 11.9 Å². The lowest BCUT2D eigenvalue weighted by Crippen LogP contribution is -2.45. The third-order valence-electron chi connectivity index (χ3n) is 5.77. The van der Waals surface area contributed by atoms with E-state index in [0.717, 1.165) is 42.4 Å². The number of anilines is 1. The van der Waals surface area contributed by atoms with Gasteiger partial charge in [0.1, 0.15) is 5.76 Å². The summed E-state index contributed by atoms with van der Waals surface area (Å²) in [6.45, 7) is 5.78. The van der Waals surface area contributed by atoms with E-state index in [9.17, 15) is 4.79 Å². The average Bonchev–Trinajstić information content (AvgIpc) is 3.15. The molecule has 0 radical (unpaired) electrons. The fourth-order valence-electron chi connectivity index (χ4n) is 4.13. The number of aromatic nitrogens is 3. The van der Waals surface area contributed by atoms with Crippen LogP contribution in [0.4, 0.5) is 5.95 Å². The Kier molecular flexibility index (Phi) is 3.94. The smallest absolute Gasteiger partial charge is 0.225 e. The topological polar surface area (TPSA) is 84.2 Å². The van der Waals surface area contributed by atoms with Gasteiger partial charge in [0.05, 0.1) is 11.6 Å². The van der Waals surface area contributed by atoms with E-state index in [1.807, 2.05) is 19.9 Å². The third-order valence-corrected chi connectivity index (χ3v) is 5.77. The molecule has 0 bridgehead atoms. The lowest BCUT2D eigenvalue weighted by atomic mass is 9.62. The monoisotopic (exact) mass is 341 g/mol. The van der Waals surface area contributed by atoms with Gasteiger partial charge in [-0.3, -0.25) is 4.79 Å². The van der Waals surface area contributed by atoms with Crippen LogP contribution in [0.25, 0.3) is 0 Å². The van der Waals surface area contributed by atoms with Gasteiger partial charge in [-0.05, 0) is 32.8 Å². The average molecular weight is 341 g/mol. The third kappa shape index (κ3) is 2.77. The molecule has 4 rings (SSSR count). The first-order valence-electron chi connectivity index (χ1n) is 8.80. The van der Waals surface area contributed by atoms with E-state index >= 15 is 0 Å². The van der Waals surface area contributed by atoms with Crippen molar-refractivity contribution in [2.24, 2.45) is 11.3 Å². The largest absolute Gasteiger partial charge is 0.361 e. The van der Waals surface area contributed by atoms with Gasteiger partial charge in [0.15, 0.2) is 0 Å². The molecule has 0 aromatic carbocycles. The van der Waals surface area contributed by atoms with Gasteiger partial charge in [0.25, 0.3) is 0 Å². The van der Waals surface area contributed by atoms with E-state index in [2.05, 4.69) is 25.3 Å². The molecule has 1 saturated heterocycles. The van der Waals surface area contributed by atoms with Crippen LogP contribution in [0.1, 0.15) is 36.3 Å². The van der Waals surface area contributed by atoms with E-state index in [4.69, 9.17) is 4.52 Å². The van der Waals surface area contributed by atoms with Crippen LogP contribution < -0.4 is 10.2 Å². The molecule has 7 heteroatoms. The summed E-state index contributed by atoms with van der Waals surface area (Å²) in [6.07, 6.45) is 6.89. The van der Waals surface area contributed by atoms with E-state index in [-0.39, 0.29) is 17.2 Å². The number of rotatable bonds is 4. The molecular weight excluding hydrogens is 318 g/mol. The molecule has 132 valence electrons. The first kappa shape index (κ1) is 16.1. The SMILES string of the molecule is Cc1noc(C)c1CNC(=O)C1CN(c2ncccn2)CC12CCC2. The van der Waals surface area contributed by atoms with Crippen LogP contribution in [-0.4, -0.2) is 34.1 Å². The summed E-state index contributed by atoms with van der Waals surface area (Å²) < 4.78 is 5.18. The number of hydrogen-bond donors (Lipinski definition) is 1. The summed E-state index contributed by atoms with van der Waals surface area (Å²) in [5, 5.41) is 7.05. The first-order chi connectivity index (χ1) is 12.1. The number of aryl methyl sites for hydroxylation is 2. The van der Waals surface area contributed by atoms with E-state index in [1.165, 1.54) is 6.42 Å². The Labute approximate surface area is 146 Å². The highest BCUT2D eigenvalue weighted by atomic mass is 16.5. The zero-order chi connectivity index (χ0) is 17.4. The second-order valence-corrected chi connectivity index (χ2v) is 7.22. The van der Waals surface area contributed by atoms with Crippen molar-refractivity contribution in [1.29, 1.82) is 0 Å². The molecule has 1 unspecified atom stereocenters. The number of carbonyl (C=O) groups excluding carboxylic acids is 1. The van der Waals surface area contributed by atoms with Gasteiger partial charge in [-0.1, -0.05) is 11.6 Å². The van der Waals surface area contributed by atoms with Gasteiger partial charge in [-0.2, -0.15) is 0 Å². The Bertz CT molecular complexity index is 750. The van der Waals surface area contributed by atoms with Crippen LogP contribution in [0.5, 0.6) is 0 Å². The fourth-order valence-corrected chi connectivity index (χ4v) is 4.13. The number of nitrogens with one attached hydrogen (secondary N) is 1. The predicted octanol–water partition coefficient (Wildman–Crippen LogP) is 2.00. The Hall–Kier alpha value is -2.44. The molecule has 1 atom stereocenters. The summed E-state index contributed by atoms with van der Waals surface area (Å²) in [6, 6.07) is 1.81. The Balaban J connectivity index is 1.47. The summed E-state index contributed by atoms with van der Waals surface area (Å²) in [4.78, 5) is 23.8. The van der Waals surface area contributed by atoms with Crippen molar-refractivity contribution < 1.29 is 9.32 Å². The molecule has 1 aliphatic carbocycles. The van der Waals surface area contributed by atoms with Crippen molar-refractivity contribution in [3.8, 4) is 0 Å². The van der Waals surface area contributed by atoms with E-state index < -0.39 is 0 Å². The minimum atomic E-state index is -0.0227. The zero-order valence-corrected chi connectivity index (χ0v) is 14.7. The number of carbonyl (C=O) groups is 1. The minimum Gasteiger partial charge on any atom is -0.361 e. The molecule has 2 aliphatic rings. The van der Waals surface area contributed by atoms with Crippen molar-refractivity contribution in [3.63, 3.8) is 0 Å².